The Labute approximate surface area is 190 Å². The Hall–Kier alpha value is -3.50. The van der Waals surface area contributed by atoms with Crippen molar-refractivity contribution in [2.45, 2.75) is 24.7 Å². The van der Waals surface area contributed by atoms with Gasteiger partial charge in [-0.3, -0.25) is 10.1 Å². The molecule has 1 atom stereocenters. The number of fused-ring (bicyclic) bond motifs is 1. The first-order chi connectivity index (χ1) is 15.9. The molecular formula is C23H22N4O5S. The standard InChI is InChI=1S/C23H22N4O5S/c1-15-5-4-12-27(14-15)33(29,30)18-10-8-16(9-11-18)21(28)24-23-26-25-22(32-23)20-13-17-6-2-3-7-19(17)31-20/h2-3,6-11,13,15H,4-5,12,14H2,1H3,(H,24,26,28). The predicted octanol–water partition coefficient (Wildman–Crippen LogP) is 4.16. The van der Waals surface area contributed by atoms with Gasteiger partial charge in [0.05, 0.1) is 4.90 Å². The topological polar surface area (TPSA) is 119 Å². The van der Waals surface area contributed by atoms with Gasteiger partial charge in [-0.2, -0.15) is 4.31 Å². The number of hydrogen-bond acceptors (Lipinski definition) is 7. The lowest BCUT2D eigenvalue weighted by molar-refractivity contribution is 0.102. The Morgan fingerprint density at radius 2 is 1.88 bits per heavy atom. The van der Waals surface area contributed by atoms with E-state index in [2.05, 4.69) is 15.5 Å². The van der Waals surface area contributed by atoms with Crippen molar-refractivity contribution in [1.82, 2.24) is 14.5 Å². The van der Waals surface area contributed by atoms with Gasteiger partial charge in [0.1, 0.15) is 5.58 Å². The zero-order valence-corrected chi connectivity index (χ0v) is 18.7. The van der Waals surface area contributed by atoms with Crippen LogP contribution in [0.3, 0.4) is 0 Å². The summed E-state index contributed by atoms with van der Waals surface area (Å²) < 4.78 is 38.5. The Morgan fingerprint density at radius 1 is 1.09 bits per heavy atom. The minimum Gasteiger partial charge on any atom is -0.451 e. The number of para-hydroxylation sites is 1. The molecule has 1 N–H and O–H groups in total. The van der Waals surface area contributed by atoms with Gasteiger partial charge >= 0.3 is 6.01 Å². The highest BCUT2D eigenvalue weighted by Crippen LogP contribution is 2.28. The van der Waals surface area contributed by atoms with E-state index in [4.69, 9.17) is 8.83 Å². The molecule has 1 aliphatic heterocycles. The van der Waals surface area contributed by atoms with Crippen molar-refractivity contribution in [3.05, 3.63) is 60.2 Å². The van der Waals surface area contributed by atoms with E-state index in [1.807, 2.05) is 31.2 Å². The number of carbonyl (C=O) groups excluding carboxylic acids is 1. The Morgan fingerprint density at radius 3 is 2.64 bits per heavy atom. The molecule has 2 aromatic carbocycles. The molecule has 170 valence electrons. The van der Waals surface area contributed by atoms with Crippen LogP contribution in [0.15, 0.2) is 68.3 Å². The van der Waals surface area contributed by atoms with Gasteiger partial charge in [0.2, 0.25) is 10.0 Å². The summed E-state index contributed by atoms with van der Waals surface area (Å²) in [5.41, 5.74) is 0.954. The minimum absolute atomic E-state index is 0.0885. The predicted molar refractivity (Wildman–Crippen MR) is 121 cm³/mol. The van der Waals surface area contributed by atoms with Gasteiger partial charge in [0.15, 0.2) is 5.76 Å². The number of nitrogens with zero attached hydrogens (tertiary/aromatic N) is 3. The van der Waals surface area contributed by atoms with Crippen LogP contribution in [-0.4, -0.2) is 41.9 Å². The Kier molecular flexibility index (Phi) is 5.47. The van der Waals surface area contributed by atoms with Crippen LogP contribution in [0.2, 0.25) is 0 Å². The van der Waals surface area contributed by atoms with E-state index in [9.17, 15) is 13.2 Å². The smallest absolute Gasteiger partial charge is 0.322 e. The van der Waals surface area contributed by atoms with Gasteiger partial charge in [0.25, 0.3) is 11.8 Å². The molecule has 3 heterocycles. The second kappa shape index (κ2) is 8.45. The lowest BCUT2D eigenvalue weighted by atomic mass is 10.0. The first-order valence-electron chi connectivity index (χ1n) is 10.6. The summed E-state index contributed by atoms with van der Waals surface area (Å²) in [5, 5.41) is 11.2. The molecule has 1 fully saturated rings. The van der Waals surface area contributed by atoms with Crippen molar-refractivity contribution in [2.75, 3.05) is 18.4 Å². The number of benzene rings is 2. The van der Waals surface area contributed by atoms with Crippen LogP contribution in [0.25, 0.3) is 22.6 Å². The number of sulfonamides is 1. The van der Waals surface area contributed by atoms with E-state index in [1.54, 1.807) is 6.07 Å². The first-order valence-corrected chi connectivity index (χ1v) is 12.1. The zero-order valence-electron chi connectivity index (χ0n) is 17.9. The fourth-order valence-corrected chi connectivity index (χ4v) is 5.52. The van der Waals surface area contributed by atoms with Crippen LogP contribution >= 0.6 is 0 Å². The van der Waals surface area contributed by atoms with Gasteiger partial charge in [0, 0.05) is 24.0 Å². The van der Waals surface area contributed by atoms with Crippen LogP contribution in [0.4, 0.5) is 6.01 Å². The molecule has 2 aromatic heterocycles. The fourth-order valence-electron chi connectivity index (χ4n) is 3.92. The molecule has 10 heteroatoms. The molecule has 1 amide bonds. The number of piperidine rings is 1. The van der Waals surface area contributed by atoms with Crippen molar-refractivity contribution in [3.8, 4) is 11.7 Å². The number of aromatic nitrogens is 2. The van der Waals surface area contributed by atoms with E-state index in [0.29, 0.717) is 30.4 Å². The third kappa shape index (κ3) is 4.27. The summed E-state index contributed by atoms with van der Waals surface area (Å²) >= 11 is 0. The third-order valence-corrected chi connectivity index (χ3v) is 7.54. The van der Waals surface area contributed by atoms with Crippen molar-refractivity contribution in [2.24, 2.45) is 5.92 Å². The van der Waals surface area contributed by atoms with Gasteiger partial charge in [-0.25, -0.2) is 8.42 Å². The molecule has 1 saturated heterocycles. The quantitative estimate of drug-likeness (QED) is 0.469. The molecule has 0 aliphatic carbocycles. The second-order valence-electron chi connectivity index (χ2n) is 8.15. The maximum absolute atomic E-state index is 12.9. The summed E-state index contributed by atoms with van der Waals surface area (Å²) in [4.78, 5) is 12.7. The summed E-state index contributed by atoms with van der Waals surface area (Å²) in [5.74, 6) is 0.368. The molecule has 1 aliphatic rings. The lowest BCUT2D eigenvalue weighted by Crippen LogP contribution is -2.39. The summed E-state index contributed by atoms with van der Waals surface area (Å²) in [7, 11) is -3.58. The van der Waals surface area contributed by atoms with Crippen LogP contribution in [0.1, 0.15) is 30.1 Å². The van der Waals surface area contributed by atoms with Gasteiger partial charge in [-0.05, 0) is 55.2 Å². The maximum Gasteiger partial charge on any atom is 0.322 e. The molecule has 0 bridgehead atoms. The Balaban J connectivity index is 1.28. The van der Waals surface area contributed by atoms with E-state index in [1.165, 1.54) is 28.6 Å². The molecule has 0 saturated carbocycles. The summed E-state index contributed by atoms with van der Waals surface area (Å²) in [6.45, 7) is 3.07. The molecule has 9 nitrogen and oxygen atoms in total. The number of rotatable bonds is 5. The SMILES string of the molecule is CC1CCCN(S(=O)(=O)c2ccc(C(=O)Nc3nnc(-c4cc5ccccc5o4)o3)cc2)C1. The normalized spacial score (nSPS) is 17.3. The van der Waals surface area contributed by atoms with Crippen LogP contribution < -0.4 is 5.32 Å². The molecule has 0 spiro atoms. The molecule has 0 radical (unpaired) electrons. The van der Waals surface area contributed by atoms with E-state index >= 15 is 0 Å². The van der Waals surface area contributed by atoms with E-state index in [-0.39, 0.29) is 22.4 Å². The maximum atomic E-state index is 12.9. The Bertz CT molecular complexity index is 1380. The molecule has 4 aromatic rings. The van der Waals surface area contributed by atoms with Crippen LogP contribution in [-0.2, 0) is 10.0 Å². The number of amides is 1. The van der Waals surface area contributed by atoms with Crippen molar-refractivity contribution >= 4 is 32.9 Å². The highest BCUT2D eigenvalue weighted by molar-refractivity contribution is 7.89. The molecule has 33 heavy (non-hydrogen) atoms. The summed E-state index contributed by atoms with van der Waals surface area (Å²) in [6, 6.07) is 15.0. The van der Waals surface area contributed by atoms with Crippen LogP contribution in [0.5, 0.6) is 0 Å². The number of nitrogens with one attached hydrogen (secondary N) is 1. The highest BCUT2D eigenvalue weighted by Gasteiger charge is 2.28. The lowest BCUT2D eigenvalue weighted by Gasteiger charge is -2.30. The van der Waals surface area contributed by atoms with Crippen LogP contribution in [0, 0.1) is 5.92 Å². The average molecular weight is 467 g/mol. The largest absolute Gasteiger partial charge is 0.451 e. The average Bonchev–Trinajstić information content (AvgIpc) is 3.46. The first kappa shape index (κ1) is 21.4. The zero-order chi connectivity index (χ0) is 23.0. The van der Waals surface area contributed by atoms with E-state index in [0.717, 1.165) is 18.2 Å². The molecule has 1 unspecified atom stereocenters. The van der Waals surface area contributed by atoms with Crippen molar-refractivity contribution in [3.63, 3.8) is 0 Å². The number of furan rings is 1. The molecule has 5 rings (SSSR count). The van der Waals surface area contributed by atoms with E-state index < -0.39 is 15.9 Å². The number of anilines is 1. The van der Waals surface area contributed by atoms with Gasteiger partial charge < -0.3 is 8.83 Å². The minimum atomic E-state index is -3.58. The summed E-state index contributed by atoms with van der Waals surface area (Å²) in [6.07, 6.45) is 1.87. The number of carbonyl (C=O) groups is 1. The highest BCUT2D eigenvalue weighted by atomic mass is 32.2. The number of hydrogen-bond donors (Lipinski definition) is 1. The second-order valence-corrected chi connectivity index (χ2v) is 10.1. The third-order valence-electron chi connectivity index (χ3n) is 5.66. The van der Waals surface area contributed by atoms with Gasteiger partial charge in [-0.1, -0.05) is 30.2 Å². The monoisotopic (exact) mass is 466 g/mol. The fraction of sp³-hybridized carbons (Fsp3) is 0.261. The molecular weight excluding hydrogens is 444 g/mol. The van der Waals surface area contributed by atoms with Crippen molar-refractivity contribution in [1.29, 1.82) is 0 Å². The van der Waals surface area contributed by atoms with Gasteiger partial charge in [-0.15, -0.1) is 5.10 Å². The van der Waals surface area contributed by atoms with Crippen molar-refractivity contribution < 1.29 is 22.0 Å².